The van der Waals surface area contributed by atoms with Crippen molar-refractivity contribution in [1.29, 1.82) is 0 Å². The molecule has 0 radical (unpaired) electrons. The van der Waals surface area contributed by atoms with Gasteiger partial charge in [0, 0.05) is 26.2 Å². The second-order valence-corrected chi connectivity index (χ2v) is 4.49. The SMILES string of the molecule is CCOCCNC(=O)N1CCC(C(C)O)CC1. The molecule has 0 aliphatic carbocycles. The molecule has 2 amide bonds. The summed E-state index contributed by atoms with van der Waals surface area (Å²) in [7, 11) is 0. The van der Waals surface area contributed by atoms with Crippen LogP contribution in [0.3, 0.4) is 0 Å². The van der Waals surface area contributed by atoms with Gasteiger partial charge in [-0.3, -0.25) is 0 Å². The van der Waals surface area contributed by atoms with Gasteiger partial charge in [0.05, 0.1) is 12.7 Å². The fourth-order valence-corrected chi connectivity index (χ4v) is 2.07. The van der Waals surface area contributed by atoms with E-state index in [1.165, 1.54) is 0 Å². The fraction of sp³-hybridized carbons (Fsp3) is 0.917. The molecule has 0 spiro atoms. The van der Waals surface area contributed by atoms with Crippen molar-refractivity contribution in [2.75, 3.05) is 32.8 Å². The van der Waals surface area contributed by atoms with E-state index in [4.69, 9.17) is 4.74 Å². The molecule has 1 rings (SSSR count). The molecule has 1 fully saturated rings. The topological polar surface area (TPSA) is 61.8 Å². The molecule has 0 aromatic carbocycles. The third-order valence-corrected chi connectivity index (χ3v) is 3.24. The number of amides is 2. The van der Waals surface area contributed by atoms with Crippen LogP contribution in [0.1, 0.15) is 26.7 Å². The van der Waals surface area contributed by atoms with Crippen molar-refractivity contribution in [2.24, 2.45) is 5.92 Å². The van der Waals surface area contributed by atoms with Crippen LogP contribution in [-0.4, -0.2) is 55.0 Å². The van der Waals surface area contributed by atoms with E-state index in [1.807, 2.05) is 18.7 Å². The van der Waals surface area contributed by atoms with Gasteiger partial charge in [-0.2, -0.15) is 0 Å². The largest absolute Gasteiger partial charge is 0.393 e. The highest BCUT2D eigenvalue weighted by Gasteiger charge is 2.24. The van der Waals surface area contributed by atoms with Gasteiger partial charge < -0.3 is 20.1 Å². The first-order valence-corrected chi connectivity index (χ1v) is 6.43. The smallest absolute Gasteiger partial charge is 0.317 e. The number of nitrogens with zero attached hydrogens (tertiary/aromatic N) is 1. The summed E-state index contributed by atoms with van der Waals surface area (Å²) in [4.78, 5) is 13.5. The van der Waals surface area contributed by atoms with Gasteiger partial charge in [-0.25, -0.2) is 4.79 Å². The second-order valence-electron chi connectivity index (χ2n) is 4.49. The summed E-state index contributed by atoms with van der Waals surface area (Å²) < 4.78 is 5.15. The summed E-state index contributed by atoms with van der Waals surface area (Å²) in [6.07, 6.45) is 1.51. The number of piperidine rings is 1. The minimum absolute atomic E-state index is 0.0197. The number of hydrogen-bond acceptors (Lipinski definition) is 3. The van der Waals surface area contributed by atoms with Crippen molar-refractivity contribution < 1.29 is 14.6 Å². The average Bonchev–Trinajstić information content (AvgIpc) is 2.34. The van der Waals surface area contributed by atoms with Crippen LogP contribution in [0.4, 0.5) is 4.79 Å². The van der Waals surface area contributed by atoms with Crippen LogP contribution >= 0.6 is 0 Å². The van der Waals surface area contributed by atoms with Gasteiger partial charge in [-0.15, -0.1) is 0 Å². The highest BCUT2D eigenvalue weighted by Crippen LogP contribution is 2.20. The lowest BCUT2D eigenvalue weighted by Gasteiger charge is -2.33. The summed E-state index contributed by atoms with van der Waals surface area (Å²) >= 11 is 0. The van der Waals surface area contributed by atoms with Crippen LogP contribution in [-0.2, 0) is 4.74 Å². The zero-order valence-corrected chi connectivity index (χ0v) is 10.8. The number of likely N-dealkylation sites (tertiary alicyclic amines) is 1. The van der Waals surface area contributed by atoms with Crippen LogP contribution < -0.4 is 5.32 Å². The molecule has 5 heteroatoms. The Morgan fingerprint density at radius 2 is 2.18 bits per heavy atom. The maximum atomic E-state index is 11.7. The molecule has 100 valence electrons. The van der Waals surface area contributed by atoms with Gasteiger partial charge in [0.25, 0.3) is 0 Å². The quantitative estimate of drug-likeness (QED) is 0.704. The van der Waals surface area contributed by atoms with Gasteiger partial charge in [-0.05, 0) is 32.6 Å². The van der Waals surface area contributed by atoms with Crippen molar-refractivity contribution in [1.82, 2.24) is 10.2 Å². The number of carbonyl (C=O) groups excluding carboxylic acids is 1. The lowest BCUT2D eigenvalue weighted by molar-refractivity contribution is 0.0791. The molecule has 1 saturated heterocycles. The monoisotopic (exact) mass is 244 g/mol. The Balaban J connectivity index is 2.17. The van der Waals surface area contributed by atoms with Crippen molar-refractivity contribution >= 4 is 6.03 Å². The van der Waals surface area contributed by atoms with E-state index < -0.39 is 0 Å². The molecule has 1 aliphatic rings. The molecule has 0 bridgehead atoms. The number of rotatable bonds is 5. The molecule has 17 heavy (non-hydrogen) atoms. The van der Waals surface area contributed by atoms with Crippen molar-refractivity contribution in [3.8, 4) is 0 Å². The molecule has 0 aromatic rings. The zero-order chi connectivity index (χ0) is 12.7. The maximum absolute atomic E-state index is 11.7. The van der Waals surface area contributed by atoms with E-state index >= 15 is 0 Å². The summed E-state index contributed by atoms with van der Waals surface area (Å²) in [5, 5.41) is 12.3. The van der Waals surface area contributed by atoms with Crippen LogP contribution in [0.2, 0.25) is 0 Å². The Kier molecular flexibility index (Phi) is 6.29. The summed E-state index contributed by atoms with van der Waals surface area (Å²) in [5.74, 6) is 0.336. The molecule has 1 unspecified atom stereocenters. The molecule has 2 N–H and O–H groups in total. The summed E-state index contributed by atoms with van der Waals surface area (Å²) in [6.45, 7) is 7.02. The lowest BCUT2D eigenvalue weighted by Crippen LogP contribution is -2.46. The van der Waals surface area contributed by atoms with Crippen LogP contribution in [0.5, 0.6) is 0 Å². The Morgan fingerprint density at radius 1 is 1.53 bits per heavy atom. The minimum atomic E-state index is -0.266. The highest BCUT2D eigenvalue weighted by molar-refractivity contribution is 5.74. The molecule has 1 aliphatic heterocycles. The number of aliphatic hydroxyl groups is 1. The first-order valence-electron chi connectivity index (χ1n) is 6.43. The molecule has 0 aromatic heterocycles. The Hall–Kier alpha value is -0.810. The van der Waals surface area contributed by atoms with Gasteiger partial charge in [-0.1, -0.05) is 0 Å². The lowest BCUT2D eigenvalue weighted by atomic mass is 9.92. The first kappa shape index (κ1) is 14.3. The van der Waals surface area contributed by atoms with Gasteiger partial charge in [0.1, 0.15) is 0 Å². The third-order valence-electron chi connectivity index (χ3n) is 3.24. The van der Waals surface area contributed by atoms with E-state index in [0.29, 0.717) is 25.7 Å². The Bertz CT molecular complexity index is 226. The van der Waals surface area contributed by atoms with Crippen molar-refractivity contribution in [2.45, 2.75) is 32.8 Å². The first-order chi connectivity index (χ1) is 8.15. The molecular weight excluding hydrogens is 220 g/mol. The number of urea groups is 1. The predicted molar refractivity (Wildman–Crippen MR) is 65.9 cm³/mol. The van der Waals surface area contributed by atoms with E-state index in [9.17, 15) is 9.90 Å². The van der Waals surface area contributed by atoms with Crippen molar-refractivity contribution in [3.05, 3.63) is 0 Å². The van der Waals surface area contributed by atoms with E-state index in [2.05, 4.69) is 5.32 Å². The van der Waals surface area contributed by atoms with Crippen LogP contribution in [0.15, 0.2) is 0 Å². The van der Waals surface area contributed by atoms with Gasteiger partial charge in [0.2, 0.25) is 0 Å². The minimum Gasteiger partial charge on any atom is -0.393 e. The molecule has 5 nitrogen and oxygen atoms in total. The van der Waals surface area contributed by atoms with E-state index in [-0.39, 0.29) is 12.1 Å². The molecule has 0 saturated carbocycles. The van der Waals surface area contributed by atoms with Crippen molar-refractivity contribution in [3.63, 3.8) is 0 Å². The number of nitrogens with one attached hydrogen (secondary N) is 1. The summed E-state index contributed by atoms with van der Waals surface area (Å²) in [5.41, 5.74) is 0. The normalized spacial score (nSPS) is 19.1. The Labute approximate surface area is 103 Å². The van der Waals surface area contributed by atoms with Crippen LogP contribution in [0, 0.1) is 5.92 Å². The van der Waals surface area contributed by atoms with Gasteiger partial charge in [0.15, 0.2) is 0 Å². The number of carbonyl (C=O) groups is 1. The Morgan fingerprint density at radius 3 is 2.71 bits per heavy atom. The third kappa shape index (κ3) is 4.91. The number of ether oxygens (including phenoxy) is 1. The highest BCUT2D eigenvalue weighted by atomic mass is 16.5. The molecular formula is C12H24N2O3. The standard InChI is InChI=1S/C12H24N2O3/c1-3-17-9-6-13-12(16)14-7-4-11(5-8-14)10(2)15/h10-11,15H,3-9H2,1-2H3,(H,13,16). The van der Waals surface area contributed by atoms with Crippen LogP contribution in [0.25, 0.3) is 0 Å². The molecule has 1 atom stereocenters. The fourth-order valence-electron chi connectivity index (χ4n) is 2.07. The average molecular weight is 244 g/mol. The number of aliphatic hydroxyl groups excluding tert-OH is 1. The molecule has 1 heterocycles. The summed E-state index contributed by atoms with van der Waals surface area (Å²) in [6, 6.07) is -0.0197. The maximum Gasteiger partial charge on any atom is 0.317 e. The second kappa shape index (κ2) is 7.50. The zero-order valence-electron chi connectivity index (χ0n) is 10.8. The number of hydrogen-bond donors (Lipinski definition) is 2. The predicted octanol–water partition coefficient (Wildman–Crippen LogP) is 0.825. The van der Waals surface area contributed by atoms with Gasteiger partial charge >= 0.3 is 6.03 Å². The van der Waals surface area contributed by atoms with E-state index in [0.717, 1.165) is 25.9 Å². The van der Waals surface area contributed by atoms with E-state index in [1.54, 1.807) is 0 Å².